The third kappa shape index (κ3) is 3.89. The molecule has 1 N–H and O–H groups in total. The van der Waals surface area contributed by atoms with Crippen molar-refractivity contribution < 1.29 is 4.39 Å². The Bertz CT molecular complexity index is 456. The Labute approximate surface area is 132 Å². The maximum absolute atomic E-state index is 14.3. The number of para-hydroxylation sites is 1. The Hall–Kier alpha value is -0.800. The van der Waals surface area contributed by atoms with E-state index in [1.54, 1.807) is 12.1 Å². The van der Waals surface area contributed by atoms with Crippen molar-refractivity contribution >= 4 is 17.3 Å². The highest BCUT2D eigenvalue weighted by Crippen LogP contribution is 2.33. The van der Waals surface area contributed by atoms with Crippen LogP contribution in [0.3, 0.4) is 0 Å². The molecule has 2 atom stereocenters. The number of hydrogen-bond acceptors (Lipinski definition) is 2. The Kier molecular flexibility index (Phi) is 5.50. The number of benzene rings is 1. The topological polar surface area (TPSA) is 15.3 Å². The minimum atomic E-state index is -0.224. The second-order valence-electron chi connectivity index (χ2n) is 6.77. The minimum Gasteiger partial charge on any atom is -0.362 e. The van der Waals surface area contributed by atoms with Gasteiger partial charge in [-0.1, -0.05) is 45.4 Å². The summed E-state index contributed by atoms with van der Waals surface area (Å²) in [6, 6.07) is 5.59. The number of anilines is 1. The molecule has 4 heteroatoms. The highest BCUT2D eigenvalue weighted by atomic mass is 35.5. The zero-order chi connectivity index (χ0) is 15.6. The van der Waals surface area contributed by atoms with Crippen LogP contribution in [0.4, 0.5) is 10.1 Å². The molecule has 1 aliphatic heterocycles. The summed E-state index contributed by atoms with van der Waals surface area (Å²) >= 11 is 6.28. The van der Waals surface area contributed by atoms with Gasteiger partial charge in [0.25, 0.3) is 0 Å². The van der Waals surface area contributed by atoms with Gasteiger partial charge in [0, 0.05) is 25.2 Å². The normalized spacial score (nSPS) is 23.1. The average molecular weight is 313 g/mol. The lowest BCUT2D eigenvalue weighted by Gasteiger charge is -2.44. The van der Waals surface area contributed by atoms with Gasteiger partial charge in [0.2, 0.25) is 0 Å². The van der Waals surface area contributed by atoms with Crippen molar-refractivity contribution in [1.29, 1.82) is 0 Å². The largest absolute Gasteiger partial charge is 0.362 e. The smallest absolute Gasteiger partial charge is 0.148 e. The molecule has 0 saturated carbocycles. The Balaban J connectivity index is 2.30. The monoisotopic (exact) mass is 312 g/mol. The van der Waals surface area contributed by atoms with E-state index in [-0.39, 0.29) is 11.9 Å². The van der Waals surface area contributed by atoms with E-state index in [4.69, 9.17) is 11.6 Å². The highest BCUT2D eigenvalue weighted by molar-refractivity contribution is 6.33. The molecule has 21 heavy (non-hydrogen) atoms. The molecule has 0 bridgehead atoms. The summed E-state index contributed by atoms with van der Waals surface area (Å²) in [5.74, 6) is 0.836. The fourth-order valence-electron chi connectivity index (χ4n) is 3.18. The van der Waals surface area contributed by atoms with Crippen LogP contribution in [0, 0.1) is 17.7 Å². The number of nitrogens with zero attached hydrogens (tertiary/aromatic N) is 1. The van der Waals surface area contributed by atoms with Gasteiger partial charge in [-0.2, -0.15) is 0 Å². The van der Waals surface area contributed by atoms with Crippen LogP contribution < -0.4 is 10.2 Å². The van der Waals surface area contributed by atoms with Crippen LogP contribution in [-0.2, 0) is 0 Å². The van der Waals surface area contributed by atoms with Gasteiger partial charge in [-0.15, -0.1) is 0 Å². The van der Waals surface area contributed by atoms with Gasteiger partial charge in [-0.05, 0) is 30.4 Å². The molecule has 0 aromatic heterocycles. The Morgan fingerprint density at radius 1 is 1.33 bits per heavy atom. The highest BCUT2D eigenvalue weighted by Gasteiger charge is 2.32. The summed E-state index contributed by atoms with van der Waals surface area (Å²) < 4.78 is 14.3. The standard InChI is InChI=1S/C17H26ClFN2/c1-11(2)8-13-10-21(16(9-20-13)12(3)4)17-14(18)6-5-7-15(17)19/h5-7,11-13,16,20H,8-10H2,1-4H3. The maximum Gasteiger partial charge on any atom is 0.148 e. The first-order valence-corrected chi connectivity index (χ1v) is 8.22. The van der Waals surface area contributed by atoms with E-state index in [2.05, 4.69) is 37.9 Å². The molecule has 2 nitrogen and oxygen atoms in total. The van der Waals surface area contributed by atoms with E-state index >= 15 is 0 Å². The van der Waals surface area contributed by atoms with E-state index in [1.165, 1.54) is 6.07 Å². The maximum atomic E-state index is 14.3. The fourth-order valence-corrected chi connectivity index (χ4v) is 3.45. The van der Waals surface area contributed by atoms with E-state index in [0.717, 1.165) is 19.5 Å². The number of nitrogens with one attached hydrogen (secondary N) is 1. The molecule has 0 amide bonds. The van der Waals surface area contributed by atoms with Gasteiger partial charge in [0.1, 0.15) is 5.82 Å². The van der Waals surface area contributed by atoms with Crippen molar-refractivity contribution in [3.05, 3.63) is 29.0 Å². The molecule has 1 fully saturated rings. The van der Waals surface area contributed by atoms with Crippen molar-refractivity contribution in [2.75, 3.05) is 18.0 Å². The summed E-state index contributed by atoms with van der Waals surface area (Å²) in [7, 11) is 0. The molecule has 2 rings (SSSR count). The van der Waals surface area contributed by atoms with Crippen LogP contribution in [-0.4, -0.2) is 25.2 Å². The summed E-state index contributed by atoms with van der Waals surface area (Å²) in [4.78, 5) is 2.17. The lowest BCUT2D eigenvalue weighted by atomic mass is 9.94. The lowest BCUT2D eigenvalue weighted by Crippen LogP contribution is -2.59. The quantitative estimate of drug-likeness (QED) is 0.890. The van der Waals surface area contributed by atoms with Crippen LogP contribution in [0.5, 0.6) is 0 Å². The first-order chi connectivity index (χ1) is 9.90. The molecular weight excluding hydrogens is 287 g/mol. The van der Waals surface area contributed by atoms with Crippen molar-refractivity contribution in [3.8, 4) is 0 Å². The van der Waals surface area contributed by atoms with Crippen molar-refractivity contribution in [2.45, 2.75) is 46.2 Å². The number of rotatable bonds is 4. The second kappa shape index (κ2) is 6.97. The third-order valence-corrected chi connectivity index (χ3v) is 4.49. The first kappa shape index (κ1) is 16.6. The zero-order valence-electron chi connectivity index (χ0n) is 13.4. The minimum absolute atomic E-state index is 0.224. The van der Waals surface area contributed by atoms with Gasteiger partial charge in [0.15, 0.2) is 0 Å². The fraction of sp³-hybridized carbons (Fsp3) is 0.647. The van der Waals surface area contributed by atoms with Gasteiger partial charge in [-0.25, -0.2) is 4.39 Å². The molecule has 118 valence electrons. The van der Waals surface area contributed by atoms with Crippen molar-refractivity contribution in [2.24, 2.45) is 11.8 Å². The Morgan fingerprint density at radius 3 is 2.62 bits per heavy atom. The van der Waals surface area contributed by atoms with Crippen molar-refractivity contribution in [1.82, 2.24) is 5.32 Å². The van der Waals surface area contributed by atoms with Gasteiger partial charge in [-0.3, -0.25) is 0 Å². The first-order valence-electron chi connectivity index (χ1n) is 7.84. The predicted molar refractivity (Wildman–Crippen MR) is 88.6 cm³/mol. The number of hydrogen-bond donors (Lipinski definition) is 1. The average Bonchev–Trinajstić information content (AvgIpc) is 2.37. The van der Waals surface area contributed by atoms with Crippen LogP contribution >= 0.6 is 11.6 Å². The zero-order valence-corrected chi connectivity index (χ0v) is 14.1. The lowest BCUT2D eigenvalue weighted by molar-refractivity contribution is 0.308. The SMILES string of the molecule is CC(C)CC1CN(c2c(F)cccc2Cl)C(C(C)C)CN1. The summed E-state index contributed by atoms with van der Waals surface area (Å²) in [6.45, 7) is 10.5. The predicted octanol–water partition coefficient (Wildman–Crippen LogP) is 4.33. The van der Waals surface area contributed by atoms with Crippen LogP contribution in [0.1, 0.15) is 34.1 Å². The van der Waals surface area contributed by atoms with Gasteiger partial charge >= 0.3 is 0 Å². The summed E-state index contributed by atoms with van der Waals surface area (Å²) in [5, 5.41) is 4.12. The Morgan fingerprint density at radius 2 is 2.05 bits per heavy atom. The van der Waals surface area contributed by atoms with E-state index in [0.29, 0.717) is 28.6 Å². The van der Waals surface area contributed by atoms with E-state index < -0.39 is 0 Å². The molecule has 1 aromatic carbocycles. The summed E-state index contributed by atoms with van der Waals surface area (Å²) in [6.07, 6.45) is 1.09. The van der Waals surface area contributed by atoms with E-state index in [9.17, 15) is 4.39 Å². The molecule has 0 radical (unpaired) electrons. The van der Waals surface area contributed by atoms with E-state index in [1.807, 2.05) is 0 Å². The third-order valence-electron chi connectivity index (χ3n) is 4.18. The number of halogens is 2. The van der Waals surface area contributed by atoms with Crippen LogP contribution in [0.2, 0.25) is 5.02 Å². The van der Waals surface area contributed by atoms with Gasteiger partial charge < -0.3 is 10.2 Å². The molecule has 1 aromatic rings. The number of piperazine rings is 1. The summed E-state index contributed by atoms with van der Waals surface area (Å²) in [5.41, 5.74) is 0.563. The molecule has 1 saturated heterocycles. The van der Waals surface area contributed by atoms with Crippen LogP contribution in [0.25, 0.3) is 0 Å². The molecule has 1 aliphatic rings. The van der Waals surface area contributed by atoms with Gasteiger partial charge in [0.05, 0.1) is 10.7 Å². The van der Waals surface area contributed by atoms with Crippen molar-refractivity contribution in [3.63, 3.8) is 0 Å². The molecule has 0 spiro atoms. The second-order valence-corrected chi connectivity index (χ2v) is 7.18. The molecule has 0 aliphatic carbocycles. The molecule has 1 heterocycles. The van der Waals surface area contributed by atoms with Crippen LogP contribution in [0.15, 0.2) is 18.2 Å². The molecular formula is C17H26ClFN2. The molecule has 2 unspecified atom stereocenters.